The zero-order chi connectivity index (χ0) is 17.2. The molecule has 3 rings (SSSR count). The van der Waals surface area contributed by atoms with E-state index in [-0.39, 0.29) is 6.04 Å². The van der Waals surface area contributed by atoms with Crippen molar-refractivity contribution >= 4 is 21.4 Å². The third-order valence-corrected chi connectivity index (χ3v) is 7.02. The second-order valence-electron chi connectivity index (χ2n) is 5.80. The summed E-state index contributed by atoms with van der Waals surface area (Å²) in [6.07, 6.45) is 0. The molecular formula is C17H19N3O2S2. The van der Waals surface area contributed by atoms with Crippen LogP contribution in [-0.4, -0.2) is 43.8 Å². The molecule has 0 spiro atoms. The van der Waals surface area contributed by atoms with Gasteiger partial charge in [-0.25, -0.2) is 8.42 Å². The highest BCUT2D eigenvalue weighted by molar-refractivity contribution is 7.89. The summed E-state index contributed by atoms with van der Waals surface area (Å²) in [6.45, 7) is 3.80. The third kappa shape index (κ3) is 3.37. The molecule has 1 aliphatic heterocycles. The van der Waals surface area contributed by atoms with E-state index in [1.807, 2.05) is 35.4 Å². The minimum atomic E-state index is -3.47. The second kappa shape index (κ2) is 7.03. The van der Waals surface area contributed by atoms with E-state index >= 15 is 0 Å². The molecule has 0 amide bonds. The number of thiophene rings is 1. The Morgan fingerprint density at radius 2 is 1.92 bits per heavy atom. The van der Waals surface area contributed by atoms with E-state index in [0.717, 1.165) is 10.4 Å². The van der Waals surface area contributed by atoms with Gasteiger partial charge in [-0.2, -0.15) is 9.57 Å². The maximum atomic E-state index is 12.8. The Morgan fingerprint density at radius 1 is 1.17 bits per heavy atom. The third-order valence-electron chi connectivity index (χ3n) is 4.20. The first kappa shape index (κ1) is 17.1. The van der Waals surface area contributed by atoms with Crippen LogP contribution in [0.3, 0.4) is 0 Å². The van der Waals surface area contributed by atoms with Gasteiger partial charge >= 0.3 is 0 Å². The molecule has 1 aliphatic rings. The number of hydrogen-bond donors (Lipinski definition) is 0. The summed E-state index contributed by atoms with van der Waals surface area (Å²) in [7, 11) is -3.47. The van der Waals surface area contributed by atoms with Crippen molar-refractivity contribution in [3.05, 3.63) is 52.2 Å². The summed E-state index contributed by atoms with van der Waals surface area (Å²) in [5.74, 6) is 0. The molecule has 2 aromatic rings. The zero-order valence-corrected chi connectivity index (χ0v) is 15.1. The number of sulfonamides is 1. The average molecular weight is 361 g/mol. The highest BCUT2D eigenvalue weighted by Crippen LogP contribution is 2.27. The average Bonchev–Trinajstić information content (AvgIpc) is 3.10. The molecule has 1 saturated heterocycles. The quantitative estimate of drug-likeness (QED) is 0.840. The Kier molecular flexibility index (Phi) is 5.01. The van der Waals surface area contributed by atoms with Crippen molar-refractivity contribution in [1.82, 2.24) is 9.21 Å². The second-order valence-corrected chi connectivity index (χ2v) is 8.72. The van der Waals surface area contributed by atoms with Gasteiger partial charge in [0.1, 0.15) is 6.04 Å². The summed E-state index contributed by atoms with van der Waals surface area (Å²) in [4.78, 5) is 3.40. The van der Waals surface area contributed by atoms with Gasteiger partial charge in [0.2, 0.25) is 10.0 Å². The SMILES string of the molecule is Cc1cccc(S(=O)(=O)N2CCN(C(C#N)c3cccs3)CC2)c1. The standard InChI is InChI=1S/C17H19N3O2S2/c1-14-4-2-5-15(12-14)24(21,22)20-9-7-19(8-10-20)16(13-18)17-6-3-11-23-17/h2-6,11-12,16H,7-10H2,1H3. The lowest BCUT2D eigenvalue weighted by molar-refractivity contribution is 0.164. The van der Waals surface area contributed by atoms with Crippen LogP contribution in [0.2, 0.25) is 0 Å². The minimum absolute atomic E-state index is 0.297. The maximum absolute atomic E-state index is 12.8. The lowest BCUT2D eigenvalue weighted by Gasteiger charge is -2.35. The topological polar surface area (TPSA) is 64.4 Å². The Morgan fingerprint density at radius 3 is 2.50 bits per heavy atom. The Bertz CT molecular complexity index is 833. The van der Waals surface area contributed by atoms with Crippen LogP contribution in [-0.2, 0) is 10.0 Å². The molecule has 0 N–H and O–H groups in total. The van der Waals surface area contributed by atoms with E-state index in [1.165, 1.54) is 4.31 Å². The molecule has 1 unspecified atom stereocenters. The van der Waals surface area contributed by atoms with Crippen molar-refractivity contribution in [2.45, 2.75) is 17.9 Å². The highest BCUT2D eigenvalue weighted by Gasteiger charge is 2.31. The summed E-state index contributed by atoms with van der Waals surface area (Å²) >= 11 is 1.56. The van der Waals surface area contributed by atoms with Crippen LogP contribution in [0.25, 0.3) is 0 Å². The van der Waals surface area contributed by atoms with Gasteiger partial charge in [0, 0.05) is 31.1 Å². The molecule has 7 heteroatoms. The van der Waals surface area contributed by atoms with E-state index in [0.29, 0.717) is 31.1 Å². The molecule has 2 heterocycles. The predicted octanol–water partition coefficient (Wildman–Crippen LogP) is 2.63. The molecule has 0 saturated carbocycles. The van der Waals surface area contributed by atoms with Gasteiger partial charge in [0.05, 0.1) is 11.0 Å². The Labute approximate surface area is 146 Å². The summed E-state index contributed by atoms with van der Waals surface area (Å²) in [5.41, 5.74) is 0.928. The number of nitriles is 1. The fourth-order valence-corrected chi connectivity index (χ4v) is 5.23. The van der Waals surface area contributed by atoms with Gasteiger partial charge in [-0.15, -0.1) is 11.3 Å². The van der Waals surface area contributed by atoms with E-state index in [4.69, 9.17) is 0 Å². The van der Waals surface area contributed by atoms with Crippen LogP contribution in [0.4, 0.5) is 0 Å². The molecular weight excluding hydrogens is 342 g/mol. The van der Waals surface area contributed by atoms with E-state index in [9.17, 15) is 13.7 Å². The van der Waals surface area contributed by atoms with Crippen LogP contribution in [0.1, 0.15) is 16.5 Å². The molecule has 24 heavy (non-hydrogen) atoms. The largest absolute Gasteiger partial charge is 0.281 e. The van der Waals surface area contributed by atoms with Crippen LogP contribution in [0.5, 0.6) is 0 Å². The first-order valence-electron chi connectivity index (χ1n) is 7.76. The van der Waals surface area contributed by atoms with Crippen LogP contribution in [0.15, 0.2) is 46.7 Å². The smallest absolute Gasteiger partial charge is 0.243 e. The van der Waals surface area contributed by atoms with Crippen LogP contribution in [0, 0.1) is 18.3 Å². The zero-order valence-electron chi connectivity index (χ0n) is 13.4. The normalized spacial score (nSPS) is 18.2. The van der Waals surface area contributed by atoms with Gasteiger partial charge in [0.15, 0.2) is 0 Å². The monoisotopic (exact) mass is 361 g/mol. The Balaban J connectivity index is 1.72. The fraction of sp³-hybridized carbons (Fsp3) is 0.353. The van der Waals surface area contributed by atoms with Gasteiger partial charge in [-0.1, -0.05) is 18.2 Å². The highest BCUT2D eigenvalue weighted by atomic mass is 32.2. The lowest BCUT2D eigenvalue weighted by atomic mass is 10.2. The maximum Gasteiger partial charge on any atom is 0.243 e. The fourth-order valence-electron chi connectivity index (χ4n) is 2.90. The van der Waals surface area contributed by atoms with Crippen LogP contribution < -0.4 is 0 Å². The molecule has 1 aromatic carbocycles. The molecule has 1 fully saturated rings. The Hall–Kier alpha value is -1.72. The van der Waals surface area contributed by atoms with Gasteiger partial charge < -0.3 is 0 Å². The molecule has 1 aromatic heterocycles. The molecule has 5 nitrogen and oxygen atoms in total. The summed E-state index contributed by atoms with van der Waals surface area (Å²) < 4.78 is 27.0. The van der Waals surface area contributed by atoms with Gasteiger partial charge in [0.25, 0.3) is 0 Å². The number of aryl methyl sites for hydroxylation is 1. The number of rotatable bonds is 4. The van der Waals surface area contributed by atoms with E-state index < -0.39 is 10.0 Å². The van der Waals surface area contributed by atoms with Crippen molar-refractivity contribution in [1.29, 1.82) is 5.26 Å². The number of piperazine rings is 1. The van der Waals surface area contributed by atoms with Crippen molar-refractivity contribution in [2.75, 3.05) is 26.2 Å². The van der Waals surface area contributed by atoms with Gasteiger partial charge in [-0.05, 0) is 36.1 Å². The lowest BCUT2D eigenvalue weighted by Crippen LogP contribution is -2.49. The summed E-state index contributed by atoms with van der Waals surface area (Å²) in [5, 5.41) is 11.4. The minimum Gasteiger partial charge on any atom is -0.281 e. The van der Waals surface area contributed by atoms with Crippen molar-refractivity contribution in [3.8, 4) is 6.07 Å². The molecule has 0 bridgehead atoms. The van der Waals surface area contributed by atoms with Crippen LogP contribution >= 0.6 is 11.3 Å². The van der Waals surface area contributed by atoms with Crippen molar-refractivity contribution in [3.63, 3.8) is 0 Å². The molecule has 1 atom stereocenters. The van der Waals surface area contributed by atoms with E-state index in [2.05, 4.69) is 6.07 Å². The first-order chi connectivity index (χ1) is 11.5. The number of benzene rings is 1. The summed E-state index contributed by atoms with van der Waals surface area (Å²) in [6, 6.07) is 12.9. The molecule has 0 aliphatic carbocycles. The number of nitrogens with zero attached hydrogens (tertiary/aromatic N) is 3. The molecule has 0 radical (unpaired) electrons. The van der Waals surface area contributed by atoms with E-state index in [1.54, 1.807) is 29.5 Å². The van der Waals surface area contributed by atoms with Gasteiger partial charge in [-0.3, -0.25) is 4.90 Å². The predicted molar refractivity (Wildman–Crippen MR) is 94.2 cm³/mol. The van der Waals surface area contributed by atoms with Crippen molar-refractivity contribution < 1.29 is 8.42 Å². The molecule has 126 valence electrons. The first-order valence-corrected chi connectivity index (χ1v) is 10.1. The van der Waals surface area contributed by atoms with Crippen molar-refractivity contribution in [2.24, 2.45) is 0 Å². The number of hydrogen-bond acceptors (Lipinski definition) is 5.